The molecule has 0 saturated carbocycles. The summed E-state index contributed by atoms with van der Waals surface area (Å²) in [6.07, 6.45) is 4.91. The van der Waals surface area contributed by atoms with Crippen LogP contribution in [0.15, 0.2) is 0 Å². The van der Waals surface area contributed by atoms with Gasteiger partial charge in [-0.3, -0.25) is 4.79 Å². The highest BCUT2D eigenvalue weighted by molar-refractivity contribution is 5.84. The molecule has 0 bridgehead atoms. The number of hydrogen-bond donors (Lipinski definition) is 1. The van der Waals surface area contributed by atoms with Crippen molar-refractivity contribution in [1.29, 1.82) is 0 Å². The highest BCUT2D eigenvalue weighted by atomic mass is 16.4. The standard InChI is InChI=1S/C11H19NO3/c1-2-3-4-7-10(13)12-8-5-6-9(12)11(14)15/h9H,2-8H2,1H3,(H,14,15). The molecular formula is C11H19NO3. The highest BCUT2D eigenvalue weighted by Crippen LogP contribution is 2.19. The van der Waals surface area contributed by atoms with Gasteiger partial charge in [-0.2, -0.15) is 0 Å². The fraction of sp³-hybridized carbons (Fsp3) is 0.818. The fourth-order valence-electron chi connectivity index (χ4n) is 1.99. The molecule has 0 aliphatic carbocycles. The van der Waals surface area contributed by atoms with Crippen LogP contribution in [-0.4, -0.2) is 34.5 Å². The Bertz CT molecular complexity index is 240. The lowest BCUT2D eigenvalue weighted by atomic mass is 10.1. The van der Waals surface area contributed by atoms with Crippen LogP contribution in [0.25, 0.3) is 0 Å². The average molecular weight is 213 g/mol. The van der Waals surface area contributed by atoms with Gasteiger partial charge in [0.2, 0.25) is 5.91 Å². The van der Waals surface area contributed by atoms with E-state index in [1.54, 1.807) is 0 Å². The third-order valence-corrected chi connectivity index (χ3v) is 2.85. The molecule has 0 radical (unpaired) electrons. The van der Waals surface area contributed by atoms with E-state index in [0.29, 0.717) is 19.4 Å². The van der Waals surface area contributed by atoms with E-state index in [0.717, 1.165) is 25.7 Å². The fourth-order valence-corrected chi connectivity index (χ4v) is 1.99. The smallest absolute Gasteiger partial charge is 0.326 e. The monoisotopic (exact) mass is 213 g/mol. The molecule has 1 fully saturated rings. The third-order valence-electron chi connectivity index (χ3n) is 2.85. The lowest BCUT2D eigenvalue weighted by molar-refractivity contribution is -0.148. The van der Waals surface area contributed by atoms with Crippen LogP contribution >= 0.6 is 0 Å². The Labute approximate surface area is 90.3 Å². The quantitative estimate of drug-likeness (QED) is 0.706. The minimum atomic E-state index is -0.864. The van der Waals surface area contributed by atoms with E-state index < -0.39 is 12.0 Å². The van der Waals surface area contributed by atoms with Crippen LogP contribution in [0.2, 0.25) is 0 Å². The highest BCUT2D eigenvalue weighted by Gasteiger charge is 2.33. The van der Waals surface area contributed by atoms with Gasteiger partial charge in [-0.25, -0.2) is 4.79 Å². The van der Waals surface area contributed by atoms with Crippen LogP contribution in [0, 0.1) is 0 Å². The first kappa shape index (κ1) is 12.0. The van der Waals surface area contributed by atoms with Gasteiger partial charge in [0.25, 0.3) is 0 Å². The van der Waals surface area contributed by atoms with E-state index >= 15 is 0 Å². The average Bonchev–Trinajstić information content (AvgIpc) is 2.66. The normalized spacial score (nSPS) is 20.6. The van der Waals surface area contributed by atoms with Crippen molar-refractivity contribution in [2.45, 2.75) is 51.5 Å². The molecule has 0 aromatic rings. The lowest BCUT2D eigenvalue weighted by Gasteiger charge is -2.21. The number of amides is 1. The number of hydrogen-bond acceptors (Lipinski definition) is 2. The molecule has 1 amide bonds. The van der Waals surface area contributed by atoms with Crippen molar-refractivity contribution in [1.82, 2.24) is 4.90 Å². The molecule has 4 heteroatoms. The Hall–Kier alpha value is -1.06. The first-order chi connectivity index (χ1) is 7.16. The van der Waals surface area contributed by atoms with E-state index in [1.807, 2.05) is 0 Å². The summed E-state index contributed by atoms with van der Waals surface area (Å²) in [5.74, 6) is -0.857. The summed E-state index contributed by atoms with van der Waals surface area (Å²) >= 11 is 0. The molecule has 1 N–H and O–H groups in total. The molecule has 1 aliphatic heterocycles. The van der Waals surface area contributed by atoms with Crippen LogP contribution in [0.5, 0.6) is 0 Å². The second kappa shape index (κ2) is 5.73. The van der Waals surface area contributed by atoms with Crippen LogP contribution in [-0.2, 0) is 9.59 Å². The van der Waals surface area contributed by atoms with Gasteiger partial charge >= 0.3 is 5.97 Å². The molecule has 1 saturated heterocycles. The first-order valence-corrected chi connectivity index (χ1v) is 5.69. The van der Waals surface area contributed by atoms with E-state index in [1.165, 1.54) is 4.90 Å². The van der Waals surface area contributed by atoms with E-state index in [9.17, 15) is 9.59 Å². The summed E-state index contributed by atoms with van der Waals surface area (Å²) < 4.78 is 0. The Morgan fingerprint density at radius 1 is 1.40 bits per heavy atom. The number of nitrogens with zero attached hydrogens (tertiary/aromatic N) is 1. The minimum Gasteiger partial charge on any atom is -0.480 e. The molecule has 1 heterocycles. The summed E-state index contributed by atoms with van der Waals surface area (Å²) in [6, 6.07) is -0.570. The summed E-state index contributed by atoms with van der Waals surface area (Å²) in [7, 11) is 0. The predicted octanol–water partition coefficient (Wildman–Crippen LogP) is 1.64. The Kier molecular flexibility index (Phi) is 4.59. The van der Waals surface area contributed by atoms with Gasteiger partial charge in [0.1, 0.15) is 6.04 Å². The second-order valence-corrected chi connectivity index (χ2v) is 4.04. The maximum atomic E-state index is 11.7. The first-order valence-electron chi connectivity index (χ1n) is 5.69. The maximum Gasteiger partial charge on any atom is 0.326 e. The molecule has 1 rings (SSSR count). The molecule has 0 aromatic carbocycles. The number of likely N-dealkylation sites (tertiary alicyclic amines) is 1. The molecule has 15 heavy (non-hydrogen) atoms. The van der Waals surface area contributed by atoms with Crippen molar-refractivity contribution in [2.75, 3.05) is 6.54 Å². The number of unbranched alkanes of at least 4 members (excludes halogenated alkanes) is 2. The number of carbonyl (C=O) groups excluding carboxylic acids is 1. The summed E-state index contributed by atoms with van der Waals surface area (Å²) in [5.41, 5.74) is 0. The third kappa shape index (κ3) is 3.22. The summed E-state index contributed by atoms with van der Waals surface area (Å²) in [6.45, 7) is 2.70. The number of carboxylic acids is 1. The van der Waals surface area contributed by atoms with Crippen LogP contribution in [0.4, 0.5) is 0 Å². The van der Waals surface area contributed by atoms with Crippen molar-refractivity contribution in [3.8, 4) is 0 Å². The van der Waals surface area contributed by atoms with Crippen molar-refractivity contribution in [3.05, 3.63) is 0 Å². The molecule has 86 valence electrons. The SMILES string of the molecule is CCCCCC(=O)N1CCCC1C(=O)O. The van der Waals surface area contributed by atoms with Gasteiger partial charge < -0.3 is 10.0 Å². The van der Waals surface area contributed by atoms with Gasteiger partial charge in [-0.15, -0.1) is 0 Å². The number of carboxylic acid groups (broad SMARTS) is 1. The van der Waals surface area contributed by atoms with Gasteiger partial charge in [0.05, 0.1) is 0 Å². The predicted molar refractivity (Wildman–Crippen MR) is 56.5 cm³/mol. The van der Waals surface area contributed by atoms with Crippen LogP contribution < -0.4 is 0 Å². The minimum absolute atomic E-state index is 0.00773. The Morgan fingerprint density at radius 2 is 2.13 bits per heavy atom. The zero-order valence-corrected chi connectivity index (χ0v) is 9.24. The molecule has 4 nitrogen and oxygen atoms in total. The zero-order chi connectivity index (χ0) is 11.3. The lowest BCUT2D eigenvalue weighted by Crippen LogP contribution is -2.40. The summed E-state index contributed by atoms with van der Waals surface area (Å²) in [4.78, 5) is 24.1. The Balaban J connectivity index is 2.40. The number of aliphatic carboxylic acids is 1. The zero-order valence-electron chi connectivity index (χ0n) is 9.24. The molecular weight excluding hydrogens is 194 g/mol. The Morgan fingerprint density at radius 3 is 2.73 bits per heavy atom. The largest absolute Gasteiger partial charge is 0.480 e. The van der Waals surface area contributed by atoms with Crippen molar-refractivity contribution < 1.29 is 14.7 Å². The maximum absolute atomic E-state index is 11.7. The van der Waals surface area contributed by atoms with E-state index in [2.05, 4.69) is 6.92 Å². The molecule has 1 atom stereocenters. The van der Waals surface area contributed by atoms with Gasteiger partial charge in [0, 0.05) is 13.0 Å². The van der Waals surface area contributed by atoms with Gasteiger partial charge in [-0.05, 0) is 19.3 Å². The molecule has 1 unspecified atom stereocenters. The van der Waals surface area contributed by atoms with Crippen molar-refractivity contribution in [3.63, 3.8) is 0 Å². The van der Waals surface area contributed by atoms with Gasteiger partial charge in [0.15, 0.2) is 0 Å². The van der Waals surface area contributed by atoms with Crippen molar-refractivity contribution in [2.24, 2.45) is 0 Å². The van der Waals surface area contributed by atoms with E-state index in [4.69, 9.17) is 5.11 Å². The van der Waals surface area contributed by atoms with Gasteiger partial charge in [-0.1, -0.05) is 19.8 Å². The summed E-state index contributed by atoms with van der Waals surface area (Å²) in [5, 5.41) is 8.91. The number of rotatable bonds is 5. The number of carbonyl (C=O) groups is 2. The topological polar surface area (TPSA) is 57.6 Å². The second-order valence-electron chi connectivity index (χ2n) is 4.04. The molecule has 0 aromatic heterocycles. The van der Waals surface area contributed by atoms with Crippen LogP contribution in [0.1, 0.15) is 45.4 Å². The molecule has 1 aliphatic rings. The molecule has 0 spiro atoms. The van der Waals surface area contributed by atoms with Crippen LogP contribution in [0.3, 0.4) is 0 Å². The van der Waals surface area contributed by atoms with Crippen molar-refractivity contribution >= 4 is 11.9 Å². The van der Waals surface area contributed by atoms with E-state index in [-0.39, 0.29) is 5.91 Å².